The largest absolute Gasteiger partial charge is 0.494 e. The van der Waals surface area contributed by atoms with Crippen LogP contribution >= 0.6 is 11.3 Å². The molecular weight excluding hydrogens is 414 g/mol. The first-order chi connectivity index (χ1) is 15.0. The van der Waals surface area contributed by atoms with Gasteiger partial charge >= 0.3 is 5.63 Å². The molecule has 0 radical (unpaired) electrons. The van der Waals surface area contributed by atoms with Crippen LogP contribution in [-0.2, 0) is 0 Å². The van der Waals surface area contributed by atoms with Crippen LogP contribution in [0.1, 0.15) is 16.8 Å². The van der Waals surface area contributed by atoms with Crippen molar-refractivity contribution in [1.82, 2.24) is 9.88 Å². The molecule has 160 valence electrons. The van der Waals surface area contributed by atoms with E-state index >= 15 is 0 Å². The molecule has 0 saturated carbocycles. The lowest BCUT2D eigenvalue weighted by Gasteiger charge is -2.20. The molecule has 0 N–H and O–H groups in total. The molecule has 4 rings (SSSR count). The first-order valence-corrected chi connectivity index (χ1v) is 10.7. The highest BCUT2D eigenvalue weighted by Crippen LogP contribution is 2.34. The van der Waals surface area contributed by atoms with Gasteiger partial charge in [0.25, 0.3) is 5.91 Å². The van der Waals surface area contributed by atoms with Crippen molar-refractivity contribution in [2.45, 2.75) is 6.42 Å². The molecule has 7 nitrogen and oxygen atoms in total. The van der Waals surface area contributed by atoms with Gasteiger partial charge in [-0.2, -0.15) is 0 Å². The Hall–Kier alpha value is -3.23. The van der Waals surface area contributed by atoms with Crippen LogP contribution in [0.4, 0.5) is 5.13 Å². The molecule has 0 atom stereocenters. The minimum Gasteiger partial charge on any atom is -0.494 e. The van der Waals surface area contributed by atoms with Gasteiger partial charge in [0.1, 0.15) is 22.4 Å². The fourth-order valence-corrected chi connectivity index (χ4v) is 4.38. The normalized spacial score (nSPS) is 11.4. The lowest BCUT2D eigenvalue weighted by Crippen LogP contribution is -2.36. The van der Waals surface area contributed by atoms with Crippen LogP contribution in [0.2, 0.25) is 0 Å². The summed E-state index contributed by atoms with van der Waals surface area (Å²) in [6, 6.07) is 14.4. The van der Waals surface area contributed by atoms with E-state index in [-0.39, 0.29) is 5.56 Å². The van der Waals surface area contributed by atoms with Crippen LogP contribution in [0.5, 0.6) is 5.75 Å². The maximum atomic E-state index is 13.5. The summed E-state index contributed by atoms with van der Waals surface area (Å²) in [5.41, 5.74) is 0.490. The fraction of sp³-hybridized carbons (Fsp3) is 0.261. The Morgan fingerprint density at radius 3 is 2.71 bits per heavy atom. The van der Waals surface area contributed by atoms with E-state index in [4.69, 9.17) is 9.15 Å². The molecular formula is C23H23N3O4S. The van der Waals surface area contributed by atoms with Crippen LogP contribution in [0.25, 0.3) is 21.2 Å². The molecule has 31 heavy (non-hydrogen) atoms. The number of benzene rings is 2. The van der Waals surface area contributed by atoms with Gasteiger partial charge in [0, 0.05) is 11.9 Å². The number of methoxy groups -OCH3 is 1. The molecule has 0 aliphatic rings. The number of carbonyl (C=O) groups excluding carboxylic acids is 1. The molecule has 1 amide bonds. The average Bonchev–Trinajstić information content (AvgIpc) is 3.19. The Kier molecular flexibility index (Phi) is 6.01. The molecule has 0 spiro atoms. The van der Waals surface area contributed by atoms with Crippen molar-refractivity contribution in [3.8, 4) is 5.75 Å². The monoisotopic (exact) mass is 437 g/mol. The van der Waals surface area contributed by atoms with E-state index < -0.39 is 11.5 Å². The molecule has 0 saturated heterocycles. The van der Waals surface area contributed by atoms with Gasteiger partial charge in [0.05, 0.1) is 11.8 Å². The summed E-state index contributed by atoms with van der Waals surface area (Å²) in [5.74, 6) is 0.224. The molecule has 0 aliphatic heterocycles. The summed E-state index contributed by atoms with van der Waals surface area (Å²) < 4.78 is 11.7. The first-order valence-electron chi connectivity index (χ1n) is 9.91. The maximum absolute atomic E-state index is 13.5. The SMILES string of the molecule is COc1cccc2sc(N(CCCN(C)C)C(=O)c3cc4ccccc4oc3=O)nc12. The summed E-state index contributed by atoms with van der Waals surface area (Å²) in [7, 11) is 5.55. The van der Waals surface area contributed by atoms with Crippen LogP contribution in [0.3, 0.4) is 0 Å². The number of hydrogen-bond acceptors (Lipinski definition) is 7. The fourth-order valence-electron chi connectivity index (χ4n) is 3.38. The Morgan fingerprint density at radius 1 is 1.13 bits per heavy atom. The highest BCUT2D eigenvalue weighted by Gasteiger charge is 2.25. The van der Waals surface area contributed by atoms with E-state index in [2.05, 4.69) is 9.88 Å². The minimum absolute atomic E-state index is 0.00484. The van der Waals surface area contributed by atoms with E-state index in [1.165, 1.54) is 11.3 Å². The zero-order chi connectivity index (χ0) is 22.0. The minimum atomic E-state index is -0.653. The summed E-state index contributed by atoms with van der Waals surface area (Å²) in [6.07, 6.45) is 0.727. The van der Waals surface area contributed by atoms with Crippen LogP contribution in [0, 0.1) is 0 Å². The van der Waals surface area contributed by atoms with E-state index in [0.29, 0.717) is 33.9 Å². The van der Waals surface area contributed by atoms with Gasteiger partial charge in [0.15, 0.2) is 5.13 Å². The van der Waals surface area contributed by atoms with Crippen molar-refractivity contribution in [2.24, 2.45) is 0 Å². The number of carbonyl (C=O) groups is 1. The predicted octanol–water partition coefficient (Wildman–Crippen LogP) is 4.01. The van der Waals surface area contributed by atoms with Gasteiger partial charge < -0.3 is 14.1 Å². The van der Waals surface area contributed by atoms with Crippen molar-refractivity contribution in [3.63, 3.8) is 0 Å². The Morgan fingerprint density at radius 2 is 1.94 bits per heavy atom. The molecule has 2 aromatic carbocycles. The quantitative estimate of drug-likeness (QED) is 0.407. The number of hydrogen-bond donors (Lipinski definition) is 0. The number of nitrogens with zero attached hydrogens (tertiary/aromatic N) is 3. The van der Waals surface area contributed by atoms with E-state index in [0.717, 1.165) is 17.7 Å². The molecule has 0 fully saturated rings. The third-order valence-corrected chi connectivity index (χ3v) is 5.97. The second kappa shape index (κ2) is 8.87. The number of para-hydroxylation sites is 2. The molecule has 0 bridgehead atoms. The number of fused-ring (bicyclic) bond motifs is 2. The second-order valence-electron chi connectivity index (χ2n) is 7.40. The van der Waals surface area contributed by atoms with Gasteiger partial charge in [-0.05, 0) is 51.3 Å². The molecule has 4 aromatic rings. The van der Waals surface area contributed by atoms with Gasteiger partial charge in [-0.3, -0.25) is 9.69 Å². The van der Waals surface area contributed by atoms with Gasteiger partial charge in [-0.25, -0.2) is 9.78 Å². The topological polar surface area (TPSA) is 75.9 Å². The zero-order valence-electron chi connectivity index (χ0n) is 17.6. The summed E-state index contributed by atoms with van der Waals surface area (Å²) >= 11 is 1.39. The number of anilines is 1. The van der Waals surface area contributed by atoms with Crippen LogP contribution in [-0.4, -0.2) is 50.1 Å². The predicted molar refractivity (Wildman–Crippen MR) is 124 cm³/mol. The molecule has 2 heterocycles. The van der Waals surface area contributed by atoms with E-state index in [1.54, 1.807) is 30.2 Å². The lowest BCUT2D eigenvalue weighted by molar-refractivity contribution is 0.0982. The van der Waals surface area contributed by atoms with Crippen molar-refractivity contribution in [2.75, 3.05) is 39.2 Å². The summed E-state index contributed by atoms with van der Waals surface area (Å²) in [6.45, 7) is 1.22. The van der Waals surface area contributed by atoms with Crippen LogP contribution < -0.4 is 15.3 Å². The molecule has 0 unspecified atom stereocenters. The van der Waals surface area contributed by atoms with Crippen molar-refractivity contribution >= 4 is 43.6 Å². The smallest absolute Gasteiger partial charge is 0.349 e. The first kappa shape index (κ1) is 21.0. The van der Waals surface area contributed by atoms with E-state index in [1.807, 2.05) is 44.4 Å². The number of rotatable bonds is 7. The average molecular weight is 438 g/mol. The molecule has 8 heteroatoms. The van der Waals surface area contributed by atoms with Gasteiger partial charge in [0.2, 0.25) is 0 Å². The van der Waals surface area contributed by atoms with Crippen LogP contribution in [0.15, 0.2) is 57.7 Å². The maximum Gasteiger partial charge on any atom is 0.349 e. The standard InChI is InChI=1S/C23H23N3O4S/c1-25(2)12-7-13-26(23-24-20-18(29-3)10-6-11-19(20)31-23)21(27)16-14-15-8-4-5-9-17(15)30-22(16)28/h4-6,8-11,14H,7,12-13H2,1-3H3. The zero-order valence-corrected chi connectivity index (χ0v) is 18.4. The Bertz CT molecular complexity index is 1290. The number of thiazole rings is 1. The third kappa shape index (κ3) is 4.30. The van der Waals surface area contributed by atoms with Gasteiger partial charge in [-0.15, -0.1) is 0 Å². The number of aromatic nitrogens is 1. The molecule has 0 aliphatic carbocycles. The highest BCUT2D eigenvalue weighted by atomic mass is 32.1. The third-order valence-electron chi connectivity index (χ3n) is 4.93. The lowest BCUT2D eigenvalue weighted by atomic mass is 10.1. The van der Waals surface area contributed by atoms with Crippen molar-refractivity contribution < 1.29 is 13.9 Å². The second-order valence-corrected chi connectivity index (χ2v) is 8.41. The molecule has 2 aromatic heterocycles. The van der Waals surface area contributed by atoms with E-state index in [9.17, 15) is 9.59 Å². The highest BCUT2D eigenvalue weighted by molar-refractivity contribution is 7.22. The summed E-state index contributed by atoms with van der Waals surface area (Å²) in [5, 5.41) is 1.22. The number of ether oxygens (including phenoxy) is 1. The Labute approximate surface area is 183 Å². The van der Waals surface area contributed by atoms with Crippen molar-refractivity contribution in [3.05, 3.63) is 64.5 Å². The van der Waals surface area contributed by atoms with Crippen molar-refractivity contribution in [1.29, 1.82) is 0 Å². The van der Waals surface area contributed by atoms with Gasteiger partial charge in [-0.1, -0.05) is 35.6 Å². The summed E-state index contributed by atoms with van der Waals surface area (Å²) in [4.78, 5) is 34.4. The number of amides is 1. The Balaban J connectivity index is 1.77.